The molecule has 1 unspecified atom stereocenters. The van der Waals surface area contributed by atoms with E-state index in [4.69, 9.17) is 15.9 Å². The van der Waals surface area contributed by atoms with Gasteiger partial charge < -0.3 is 26.6 Å². The zero-order chi connectivity index (χ0) is 15.0. The first kappa shape index (κ1) is 16.7. The second kappa shape index (κ2) is 7.90. The first-order chi connectivity index (χ1) is 8.73. The normalized spacial score (nSPS) is 13.1. The summed E-state index contributed by atoms with van der Waals surface area (Å²) < 4.78 is 0. The lowest BCUT2D eigenvalue weighted by Gasteiger charge is -2.17. The van der Waals surface area contributed by atoms with E-state index in [0.29, 0.717) is 0 Å². The maximum absolute atomic E-state index is 11.5. The van der Waals surface area contributed by atoms with E-state index < -0.39 is 36.0 Å². The molecule has 108 valence electrons. The Labute approximate surface area is 109 Å². The Balaban J connectivity index is 4.33. The van der Waals surface area contributed by atoms with Gasteiger partial charge in [-0.05, 0) is 19.8 Å². The van der Waals surface area contributed by atoms with Gasteiger partial charge in [-0.15, -0.1) is 0 Å². The molecule has 9 nitrogen and oxygen atoms in total. The smallest absolute Gasteiger partial charge is 0.326 e. The van der Waals surface area contributed by atoms with Crippen molar-refractivity contribution < 1.29 is 29.4 Å². The Bertz CT molecular complexity index is 370. The van der Waals surface area contributed by atoms with Crippen molar-refractivity contribution >= 4 is 23.9 Å². The number of carbonyl (C=O) groups excluding carboxylic acids is 2. The maximum atomic E-state index is 11.5. The molecule has 0 saturated heterocycles. The van der Waals surface area contributed by atoms with Gasteiger partial charge in [-0.3, -0.25) is 9.59 Å². The zero-order valence-electron chi connectivity index (χ0n) is 10.4. The number of carboxylic acid groups (broad SMARTS) is 2. The molecular weight excluding hydrogens is 258 g/mol. The molecule has 0 aliphatic rings. The van der Waals surface area contributed by atoms with Crippen LogP contribution in [0.5, 0.6) is 0 Å². The van der Waals surface area contributed by atoms with E-state index >= 15 is 0 Å². The minimum absolute atomic E-state index is 0.0172. The van der Waals surface area contributed by atoms with E-state index in [0.717, 1.165) is 0 Å². The highest BCUT2D eigenvalue weighted by molar-refractivity contribution is 5.89. The number of aliphatic carboxylic acids is 2. The molecule has 0 fully saturated rings. The first-order valence-corrected chi connectivity index (χ1v) is 5.55. The molecule has 9 heteroatoms. The van der Waals surface area contributed by atoms with Crippen LogP contribution in [0.15, 0.2) is 0 Å². The number of rotatable bonds is 8. The number of carbonyl (C=O) groups is 4. The minimum Gasteiger partial charge on any atom is -0.481 e. The van der Waals surface area contributed by atoms with Gasteiger partial charge in [-0.25, -0.2) is 9.59 Å². The molecule has 0 bridgehead atoms. The molecule has 3 amide bonds. The molecule has 2 atom stereocenters. The predicted molar refractivity (Wildman–Crippen MR) is 63.2 cm³/mol. The highest BCUT2D eigenvalue weighted by Gasteiger charge is 2.23. The second-order valence-electron chi connectivity index (χ2n) is 3.92. The average molecular weight is 275 g/mol. The van der Waals surface area contributed by atoms with Gasteiger partial charge in [-0.1, -0.05) is 0 Å². The summed E-state index contributed by atoms with van der Waals surface area (Å²) in [5.74, 6) is -3.02. The molecule has 0 aliphatic heterocycles. The minimum atomic E-state index is -1.27. The molecule has 0 saturated carbocycles. The summed E-state index contributed by atoms with van der Waals surface area (Å²) in [6.45, 7) is 1.34. The topological polar surface area (TPSA) is 159 Å². The molecule has 0 rings (SSSR count). The van der Waals surface area contributed by atoms with Crippen LogP contribution in [-0.2, 0) is 14.4 Å². The molecular formula is C10H17N3O6. The lowest BCUT2D eigenvalue weighted by molar-refractivity contribution is -0.143. The van der Waals surface area contributed by atoms with Gasteiger partial charge in [-0.2, -0.15) is 0 Å². The van der Waals surface area contributed by atoms with Crippen molar-refractivity contribution in [2.45, 2.75) is 38.3 Å². The van der Waals surface area contributed by atoms with Crippen molar-refractivity contribution in [1.82, 2.24) is 10.6 Å². The largest absolute Gasteiger partial charge is 0.481 e. The van der Waals surface area contributed by atoms with Gasteiger partial charge in [0, 0.05) is 6.42 Å². The second-order valence-corrected chi connectivity index (χ2v) is 3.92. The summed E-state index contributed by atoms with van der Waals surface area (Å²) in [4.78, 5) is 43.2. The number of hydrogen-bond acceptors (Lipinski definition) is 4. The van der Waals surface area contributed by atoms with Crippen molar-refractivity contribution in [2.24, 2.45) is 5.73 Å². The molecule has 0 aromatic heterocycles. The van der Waals surface area contributed by atoms with Crippen LogP contribution in [0.4, 0.5) is 4.79 Å². The van der Waals surface area contributed by atoms with E-state index in [9.17, 15) is 19.2 Å². The number of nitrogens with two attached hydrogens (primary N) is 1. The van der Waals surface area contributed by atoms with Crippen LogP contribution in [-0.4, -0.2) is 46.2 Å². The number of amides is 3. The first-order valence-electron chi connectivity index (χ1n) is 5.55. The lowest BCUT2D eigenvalue weighted by Crippen LogP contribution is -2.51. The molecule has 0 aromatic rings. The van der Waals surface area contributed by atoms with Crippen molar-refractivity contribution in [2.75, 3.05) is 0 Å². The van der Waals surface area contributed by atoms with E-state index in [1.807, 2.05) is 0 Å². The molecule has 0 spiro atoms. The number of urea groups is 1. The molecule has 6 N–H and O–H groups in total. The Kier molecular flexibility index (Phi) is 6.94. The number of primary amides is 1. The standard InChI is InChI=1S/C10H17N3O6/c1-5(12-10(11)19)8(16)13-6(9(17)18)3-2-4-7(14)15/h5-6H,2-4H2,1H3,(H,13,16)(H,14,15)(H,17,18)(H3,11,12,19)/t5?,6-/m1/s1. The number of carboxylic acids is 2. The summed E-state index contributed by atoms with van der Waals surface area (Å²) in [7, 11) is 0. The van der Waals surface area contributed by atoms with Gasteiger partial charge in [0.1, 0.15) is 12.1 Å². The molecule has 19 heavy (non-hydrogen) atoms. The fourth-order valence-corrected chi connectivity index (χ4v) is 1.29. The van der Waals surface area contributed by atoms with Crippen LogP contribution in [0, 0.1) is 0 Å². The van der Waals surface area contributed by atoms with Gasteiger partial charge in [0.2, 0.25) is 5.91 Å². The highest BCUT2D eigenvalue weighted by atomic mass is 16.4. The van der Waals surface area contributed by atoms with Crippen molar-refractivity contribution in [1.29, 1.82) is 0 Å². The van der Waals surface area contributed by atoms with Crippen molar-refractivity contribution in [3.63, 3.8) is 0 Å². The molecule has 0 aromatic carbocycles. The Morgan fingerprint density at radius 3 is 2.16 bits per heavy atom. The Morgan fingerprint density at radius 1 is 1.16 bits per heavy atom. The fraction of sp³-hybridized carbons (Fsp3) is 0.600. The van der Waals surface area contributed by atoms with Crippen molar-refractivity contribution in [3.8, 4) is 0 Å². The molecule has 0 heterocycles. The third-order valence-corrected chi connectivity index (χ3v) is 2.25. The average Bonchev–Trinajstić information content (AvgIpc) is 2.25. The van der Waals surface area contributed by atoms with Crippen LogP contribution in [0.3, 0.4) is 0 Å². The summed E-state index contributed by atoms with van der Waals surface area (Å²) in [5.41, 5.74) is 4.82. The highest BCUT2D eigenvalue weighted by Crippen LogP contribution is 2.02. The van der Waals surface area contributed by atoms with Crippen molar-refractivity contribution in [3.05, 3.63) is 0 Å². The van der Waals surface area contributed by atoms with E-state index in [-0.39, 0.29) is 19.3 Å². The van der Waals surface area contributed by atoms with Crippen LogP contribution in [0.2, 0.25) is 0 Å². The lowest BCUT2D eigenvalue weighted by atomic mass is 10.1. The zero-order valence-corrected chi connectivity index (χ0v) is 10.4. The number of hydrogen-bond donors (Lipinski definition) is 5. The number of nitrogens with one attached hydrogen (secondary N) is 2. The third-order valence-electron chi connectivity index (χ3n) is 2.25. The van der Waals surface area contributed by atoms with Crippen LogP contribution in [0.1, 0.15) is 26.2 Å². The van der Waals surface area contributed by atoms with Gasteiger partial charge >= 0.3 is 18.0 Å². The molecule has 0 radical (unpaired) electrons. The third kappa shape index (κ3) is 7.58. The maximum Gasteiger partial charge on any atom is 0.326 e. The summed E-state index contributed by atoms with van der Waals surface area (Å²) in [6, 6.07) is -3.08. The van der Waals surface area contributed by atoms with Gasteiger partial charge in [0.05, 0.1) is 0 Å². The summed E-state index contributed by atoms with van der Waals surface area (Å²) in [6.07, 6.45) is -0.0877. The Hall–Kier alpha value is -2.32. The SMILES string of the molecule is CC(NC(N)=O)C(=O)N[C@H](CCCC(=O)O)C(=O)O. The summed E-state index contributed by atoms with van der Waals surface area (Å²) in [5, 5.41) is 21.6. The van der Waals surface area contributed by atoms with Gasteiger partial charge in [0.25, 0.3) is 0 Å². The van der Waals surface area contributed by atoms with E-state index in [1.54, 1.807) is 0 Å². The van der Waals surface area contributed by atoms with E-state index in [1.165, 1.54) is 6.92 Å². The van der Waals surface area contributed by atoms with Crippen LogP contribution >= 0.6 is 0 Å². The van der Waals surface area contributed by atoms with Crippen LogP contribution in [0.25, 0.3) is 0 Å². The predicted octanol–water partition coefficient (Wildman–Crippen LogP) is -1.13. The fourth-order valence-electron chi connectivity index (χ4n) is 1.29. The quantitative estimate of drug-likeness (QED) is 0.377. The van der Waals surface area contributed by atoms with E-state index in [2.05, 4.69) is 10.6 Å². The summed E-state index contributed by atoms with van der Waals surface area (Å²) >= 11 is 0. The monoisotopic (exact) mass is 275 g/mol. The van der Waals surface area contributed by atoms with Gasteiger partial charge in [0.15, 0.2) is 0 Å². The van der Waals surface area contributed by atoms with Crippen LogP contribution < -0.4 is 16.4 Å². The Morgan fingerprint density at radius 2 is 1.74 bits per heavy atom. The molecule has 0 aliphatic carbocycles.